The van der Waals surface area contributed by atoms with Gasteiger partial charge in [-0.2, -0.15) is 0 Å². The molecule has 2 nitrogen and oxygen atoms in total. The van der Waals surface area contributed by atoms with Gasteiger partial charge < -0.3 is 5.11 Å². The van der Waals surface area contributed by atoms with Crippen LogP contribution in [0.25, 0.3) is 10.8 Å². The van der Waals surface area contributed by atoms with Crippen LogP contribution in [0.5, 0.6) is 5.75 Å². The van der Waals surface area contributed by atoms with Crippen molar-refractivity contribution in [3.05, 3.63) is 36.4 Å². The molecule has 0 heterocycles. The second-order valence-electron chi connectivity index (χ2n) is 3.09. The SMILES string of the molecule is CS(=O)c1c(O)ccc2ccccc12. The maximum Gasteiger partial charge on any atom is 0.132 e. The molecule has 1 N–H and O–H groups in total. The number of phenols is 1. The maximum absolute atomic E-state index is 11.4. The number of hydrogen-bond acceptors (Lipinski definition) is 2. The monoisotopic (exact) mass is 206 g/mol. The first-order chi connectivity index (χ1) is 6.70. The van der Waals surface area contributed by atoms with Gasteiger partial charge in [-0.1, -0.05) is 30.3 Å². The Bertz CT molecular complexity index is 506. The smallest absolute Gasteiger partial charge is 0.132 e. The Kier molecular flexibility index (Phi) is 2.25. The number of benzene rings is 2. The minimum atomic E-state index is -1.17. The summed E-state index contributed by atoms with van der Waals surface area (Å²) >= 11 is 0. The van der Waals surface area contributed by atoms with Crippen molar-refractivity contribution in [2.75, 3.05) is 6.26 Å². The lowest BCUT2D eigenvalue weighted by atomic mass is 10.1. The van der Waals surface area contributed by atoms with Crippen LogP contribution in [-0.2, 0) is 10.8 Å². The highest BCUT2D eigenvalue weighted by Gasteiger charge is 2.09. The molecule has 2 aromatic carbocycles. The number of phenolic OH excluding ortho intramolecular Hbond substituents is 1. The summed E-state index contributed by atoms with van der Waals surface area (Å²) in [5.41, 5.74) is 0. The van der Waals surface area contributed by atoms with Crippen LogP contribution in [0.3, 0.4) is 0 Å². The van der Waals surface area contributed by atoms with Crippen LogP contribution in [0.15, 0.2) is 41.3 Å². The van der Waals surface area contributed by atoms with Crippen molar-refractivity contribution in [1.29, 1.82) is 0 Å². The first-order valence-corrected chi connectivity index (χ1v) is 5.80. The molecule has 0 bridgehead atoms. The van der Waals surface area contributed by atoms with E-state index in [1.54, 1.807) is 12.3 Å². The molecule has 0 amide bonds. The van der Waals surface area contributed by atoms with Gasteiger partial charge in [-0.05, 0) is 11.5 Å². The van der Waals surface area contributed by atoms with E-state index in [2.05, 4.69) is 0 Å². The fraction of sp³-hybridized carbons (Fsp3) is 0.0909. The van der Waals surface area contributed by atoms with Gasteiger partial charge in [0.25, 0.3) is 0 Å². The van der Waals surface area contributed by atoms with Crippen molar-refractivity contribution >= 4 is 21.6 Å². The molecule has 0 aliphatic carbocycles. The van der Waals surface area contributed by atoms with Crippen LogP contribution in [0.4, 0.5) is 0 Å². The molecule has 1 atom stereocenters. The summed E-state index contributed by atoms with van der Waals surface area (Å²) in [6, 6.07) is 11.0. The minimum Gasteiger partial charge on any atom is -0.507 e. The van der Waals surface area contributed by atoms with Gasteiger partial charge in [0.05, 0.1) is 15.7 Å². The Morgan fingerprint density at radius 2 is 1.86 bits per heavy atom. The van der Waals surface area contributed by atoms with E-state index in [9.17, 15) is 9.32 Å². The predicted molar refractivity (Wildman–Crippen MR) is 57.9 cm³/mol. The first-order valence-electron chi connectivity index (χ1n) is 4.24. The van der Waals surface area contributed by atoms with Crippen LogP contribution in [-0.4, -0.2) is 15.6 Å². The van der Waals surface area contributed by atoms with E-state index in [-0.39, 0.29) is 5.75 Å². The molecular weight excluding hydrogens is 196 g/mol. The third kappa shape index (κ3) is 1.40. The van der Waals surface area contributed by atoms with E-state index in [0.29, 0.717) is 4.90 Å². The van der Waals surface area contributed by atoms with E-state index in [4.69, 9.17) is 0 Å². The van der Waals surface area contributed by atoms with Gasteiger partial charge in [0.2, 0.25) is 0 Å². The van der Waals surface area contributed by atoms with Gasteiger partial charge in [-0.3, -0.25) is 4.21 Å². The second-order valence-corrected chi connectivity index (χ2v) is 4.41. The molecule has 2 rings (SSSR count). The lowest BCUT2D eigenvalue weighted by Gasteiger charge is -2.05. The lowest BCUT2D eigenvalue weighted by Crippen LogP contribution is -1.90. The average Bonchev–Trinajstić information content (AvgIpc) is 2.17. The third-order valence-corrected chi connectivity index (χ3v) is 3.15. The summed E-state index contributed by atoms with van der Waals surface area (Å²) in [7, 11) is -1.17. The van der Waals surface area contributed by atoms with Crippen molar-refractivity contribution in [1.82, 2.24) is 0 Å². The minimum absolute atomic E-state index is 0.101. The van der Waals surface area contributed by atoms with Crippen LogP contribution in [0.2, 0.25) is 0 Å². The van der Waals surface area contributed by atoms with Crippen LogP contribution < -0.4 is 0 Å². The number of rotatable bonds is 1. The second kappa shape index (κ2) is 3.42. The fourth-order valence-corrected chi connectivity index (χ4v) is 2.39. The Morgan fingerprint density at radius 3 is 2.57 bits per heavy atom. The average molecular weight is 206 g/mol. The Labute approximate surface area is 84.6 Å². The number of hydrogen-bond donors (Lipinski definition) is 1. The maximum atomic E-state index is 11.4. The van der Waals surface area contributed by atoms with Crippen molar-refractivity contribution in [3.8, 4) is 5.75 Å². The zero-order valence-electron chi connectivity index (χ0n) is 7.73. The first kappa shape index (κ1) is 9.21. The summed E-state index contributed by atoms with van der Waals surface area (Å²) in [5.74, 6) is 0.101. The van der Waals surface area contributed by atoms with Gasteiger partial charge >= 0.3 is 0 Å². The van der Waals surface area contributed by atoms with Crippen molar-refractivity contribution < 1.29 is 9.32 Å². The summed E-state index contributed by atoms with van der Waals surface area (Å²) in [4.78, 5) is 0.517. The molecule has 3 heteroatoms. The quantitative estimate of drug-likeness (QED) is 0.777. The van der Waals surface area contributed by atoms with Gasteiger partial charge in [0.1, 0.15) is 5.75 Å². The van der Waals surface area contributed by atoms with Crippen molar-refractivity contribution in [3.63, 3.8) is 0 Å². The molecule has 1 unspecified atom stereocenters. The summed E-state index contributed by atoms with van der Waals surface area (Å²) in [6.07, 6.45) is 1.57. The van der Waals surface area contributed by atoms with E-state index in [1.807, 2.05) is 30.3 Å². The topological polar surface area (TPSA) is 37.3 Å². The van der Waals surface area contributed by atoms with Gasteiger partial charge in [0, 0.05) is 11.6 Å². The highest BCUT2D eigenvalue weighted by Crippen LogP contribution is 2.29. The molecule has 0 aromatic heterocycles. The molecule has 0 spiro atoms. The molecule has 0 radical (unpaired) electrons. The van der Waals surface area contributed by atoms with Crippen molar-refractivity contribution in [2.24, 2.45) is 0 Å². The summed E-state index contributed by atoms with van der Waals surface area (Å²) in [5, 5.41) is 11.4. The molecule has 0 fully saturated rings. The van der Waals surface area contributed by atoms with E-state index >= 15 is 0 Å². The van der Waals surface area contributed by atoms with Crippen LogP contribution >= 0.6 is 0 Å². The van der Waals surface area contributed by atoms with Crippen LogP contribution in [0.1, 0.15) is 0 Å². The molecule has 0 saturated carbocycles. The highest BCUT2D eigenvalue weighted by atomic mass is 32.2. The predicted octanol–water partition coefficient (Wildman–Crippen LogP) is 2.28. The zero-order chi connectivity index (χ0) is 10.1. The summed E-state index contributed by atoms with van der Waals surface area (Å²) < 4.78 is 11.4. The van der Waals surface area contributed by atoms with E-state index in [1.165, 1.54) is 0 Å². The Balaban J connectivity index is 2.90. The number of aromatic hydroxyl groups is 1. The molecule has 14 heavy (non-hydrogen) atoms. The number of fused-ring (bicyclic) bond motifs is 1. The Hall–Kier alpha value is -1.35. The lowest BCUT2D eigenvalue weighted by molar-refractivity contribution is 0.463. The molecule has 72 valence electrons. The van der Waals surface area contributed by atoms with E-state index < -0.39 is 10.8 Å². The van der Waals surface area contributed by atoms with Gasteiger partial charge in [0.15, 0.2) is 0 Å². The Morgan fingerprint density at radius 1 is 1.14 bits per heavy atom. The van der Waals surface area contributed by atoms with Crippen molar-refractivity contribution in [2.45, 2.75) is 4.90 Å². The molecular formula is C11H10O2S. The normalized spacial score (nSPS) is 12.9. The standard InChI is InChI=1S/C11H10O2S/c1-14(13)11-9-5-3-2-4-8(9)6-7-10(11)12/h2-7,12H,1H3. The van der Waals surface area contributed by atoms with Gasteiger partial charge in [-0.25, -0.2) is 0 Å². The van der Waals surface area contributed by atoms with Gasteiger partial charge in [-0.15, -0.1) is 0 Å². The molecule has 0 aliphatic heterocycles. The van der Waals surface area contributed by atoms with E-state index in [0.717, 1.165) is 10.8 Å². The highest BCUT2D eigenvalue weighted by molar-refractivity contribution is 7.84. The zero-order valence-corrected chi connectivity index (χ0v) is 8.54. The fourth-order valence-electron chi connectivity index (χ4n) is 1.53. The molecule has 0 aliphatic rings. The summed E-state index contributed by atoms with van der Waals surface area (Å²) in [6.45, 7) is 0. The molecule has 2 aromatic rings. The molecule has 0 saturated heterocycles. The largest absolute Gasteiger partial charge is 0.507 e. The third-order valence-electron chi connectivity index (χ3n) is 2.15. The van der Waals surface area contributed by atoms with Crippen LogP contribution in [0, 0.1) is 0 Å².